The molecule has 0 spiro atoms. The van der Waals surface area contributed by atoms with E-state index < -0.39 is 0 Å². The SMILES string of the molecule is CCCCOC(=O)C1C[C@@H]2COc3ccc(N=Nc4ccccc4)cc3[C@@H]2N1Cc1ccccc1. The second kappa shape index (κ2) is 10.8. The van der Waals surface area contributed by atoms with Gasteiger partial charge in [0.15, 0.2) is 0 Å². The Labute approximate surface area is 206 Å². The number of carbonyl (C=O) groups is 1. The van der Waals surface area contributed by atoms with E-state index >= 15 is 0 Å². The number of ether oxygens (including phenoxy) is 2. The molecular weight excluding hydrogens is 438 g/mol. The van der Waals surface area contributed by atoms with Crippen LogP contribution in [0.2, 0.25) is 0 Å². The molecule has 6 heteroatoms. The van der Waals surface area contributed by atoms with Gasteiger partial charge in [-0.3, -0.25) is 9.69 Å². The van der Waals surface area contributed by atoms with Gasteiger partial charge in [0.2, 0.25) is 0 Å². The summed E-state index contributed by atoms with van der Waals surface area (Å²) < 4.78 is 11.8. The van der Waals surface area contributed by atoms with Crippen molar-refractivity contribution >= 4 is 17.3 Å². The van der Waals surface area contributed by atoms with Crippen molar-refractivity contribution in [1.82, 2.24) is 4.90 Å². The first-order valence-electron chi connectivity index (χ1n) is 12.4. The van der Waals surface area contributed by atoms with Gasteiger partial charge < -0.3 is 9.47 Å². The van der Waals surface area contributed by atoms with E-state index in [1.54, 1.807) is 0 Å². The van der Waals surface area contributed by atoms with Crippen LogP contribution in [0.25, 0.3) is 0 Å². The highest BCUT2D eigenvalue weighted by atomic mass is 16.5. The van der Waals surface area contributed by atoms with Crippen LogP contribution in [-0.2, 0) is 16.1 Å². The molecule has 1 saturated heterocycles. The summed E-state index contributed by atoms with van der Waals surface area (Å²) in [6, 6.07) is 25.7. The zero-order valence-corrected chi connectivity index (χ0v) is 20.0. The van der Waals surface area contributed by atoms with Crippen molar-refractivity contribution in [2.45, 2.75) is 44.8 Å². The predicted molar refractivity (Wildman–Crippen MR) is 135 cm³/mol. The van der Waals surface area contributed by atoms with Gasteiger partial charge in [0.25, 0.3) is 0 Å². The van der Waals surface area contributed by atoms with Crippen molar-refractivity contribution in [3.63, 3.8) is 0 Å². The summed E-state index contributed by atoms with van der Waals surface area (Å²) in [7, 11) is 0. The van der Waals surface area contributed by atoms with Crippen molar-refractivity contribution < 1.29 is 14.3 Å². The van der Waals surface area contributed by atoms with Crippen molar-refractivity contribution in [1.29, 1.82) is 0 Å². The van der Waals surface area contributed by atoms with E-state index in [0.29, 0.717) is 19.8 Å². The molecule has 6 nitrogen and oxygen atoms in total. The maximum atomic E-state index is 13.2. The third-order valence-electron chi connectivity index (χ3n) is 6.75. The monoisotopic (exact) mass is 469 g/mol. The van der Waals surface area contributed by atoms with E-state index in [9.17, 15) is 4.79 Å². The van der Waals surface area contributed by atoms with Gasteiger partial charge in [-0.1, -0.05) is 61.9 Å². The molecule has 5 rings (SSSR count). The normalized spacial score (nSPS) is 21.3. The summed E-state index contributed by atoms with van der Waals surface area (Å²) in [5.74, 6) is 0.921. The first kappa shape index (κ1) is 23.2. The lowest BCUT2D eigenvalue weighted by Gasteiger charge is -2.35. The predicted octanol–water partition coefficient (Wildman–Crippen LogP) is 6.77. The highest BCUT2D eigenvalue weighted by Gasteiger charge is 2.48. The lowest BCUT2D eigenvalue weighted by Crippen LogP contribution is -2.39. The van der Waals surface area contributed by atoms with Crippen LogP contribution < -0.4 is 4.74 Å². The van der Waals surface area contributed by atoms with Crippen molar-refractivity contribution in [3.8, 4) is 5.75 Å². The van der Waals surface area contributed by atoms with Crippen LogP contribution in [0.1, 0.15) is 43.4 Å². The summed E-state index contributed by atoms with van der Waals surface area (Å²) in [6.07, 6.45) is 2.60. The zero-order valence-electron chi connectivity index (χ0n) is 20.0. The molecule has 0 aliphatic carbocycles. The average molecular weight is 470 g/mol. The molecule has 1 unspecified atom stereocenters. The van der Waals surface area contributed by atoms with E-state index in [4.69, 9.17) is 9.47 Å². The van der Waals surface area contributed by atoms with Crippen LogP contribution in [0.3, 0.4) is 0 Å². The van der Waals surface area contributed by atoms with Crippen LogP contribution in [0, 0.1) is 5.92 Å². The number of rotatable bonds is 8. The molecule has 3 aromatic rings. The molecule has 3 aromatic carbocycles. The smallest absolute Gasteiger partial charge is 0.323 e. The number of fused-ring (bicyclic) bond motifs is 3. The Balaban J connectivity index is 1.45. The van der Waals surface area contributed by atoms with Crippen LogP contribution in [0.4, 0.5) is 11.4 Å². The summed E-state index contributed by atoms with van der Waals surface area (Å²) in [5.41, 5.74) is 3.81. The van der Waals surface area contributed by atoms with Gasteiger partial charge in [-0.2, -0.15) is 10.2 Å². The molecule has 3 atom stereocenters. The van der Waals surface area contributed by atoms with E-state index in [2.05, 4.69) is 40.3 Å². The van der Waals surface area contributed by atoms with Crippen molar-refractivity contribution in [3.05, 3.63) is 90.0 Å². The quantitative estimate of drug-likeness (QED) is 0.207. The molecule has 0 radical (unpaired) electrons. The average Bonchev–Trinajstić information content (AvgIpc) is 3.27. The molecule has 2 aliphatic rings. The molecule has 2 aliphatic heterocycles. The molecule has 180 valence electrons. The lowest BCUT2D eigenvalue weighted by atomic mass is 9.90. The van der Waals surface area contributed by atoms with Crippen molar-refractivity contribution in [2.24, 2.45) is 16.1 Å². The highest BCUT2D eigenvalue weighted by Crippen LogP contribution is 2.49. The number of unbranched alkanes of at least 4 members (excludes halogenated alkanes) is 1. The Morgan fingerprint density at radius 3 is 2.51 bits per heavy atom. The van der Waals surface area contributed by atoms with Crippen LogP contribution in [0.15, 0.2) is 89.1 Å². The molecule has 35 heavy (non-hydrogen) atoms. The summed E-state index contributed by atoms with van der Waals surface area (Å²) >= 11 is 0. The Hall–Kier alpha value is -3.51. The highest BCUT2D eigenvalue weighted by molar-refractivity contribution is 5.76. The minimum absolute atomic E-state index is 0.0505. The molecule has 1 fully saturated rings. The van der Waals surface area contributed by atoms with Gasteiger partial charge in [0.05, 0.1) is 24.6 Å². The second-order valence-corrected chi connectivity index (χ2v) is 9.20. The number of hydrogen-bond donors (Lipinski definition) is 0. The zero-order chi connectivity index (χ0) is 24.0. The number of hydrogen-bond acceptors (Lipinski definition) is 6. The summed E-state index contributed by atoms with van der Waals surface area (Å²) in [6.45, 7) is 3.83. The number of carbonyl (C=O) groups excluding carboxylic acids is 1. The Kier molecular flexibility index (Phi) is 7.19. The summed E-state index contributed by atoms with van der Waals surface area (Å²) in [5, 5.41) is 8.85. The minimum Gasteiger partial charge on any atom is -0.493 e. The second-order valence-electron chi connectivity index (χ2n) is 9.20. The van der Waals surface area contributed by atoms with Crippen LogP contribution in [-0.4, -0.2) is 30.1 Å². The fourth-order valence-electron chi connectivity index (χ4n) is 5.02. The van der Waals surface area contributed by atoms with E-state index in [1.165, 1.54) is 5.56 Å². The first-order valence-corrected chi connectivity index (χ1v) is 12.4. The molecular formula is C29H31N3O3. The van der Waals surface area contributed by atoms with Gasteiger partial charge in [-0.15, -0.1) is 0 Å². The van der Waals surface area contributed by atoms with Gasteiger partial charge in [-0.25, -0.2) is 0 Å². The van der Waals surface area contributed by atoms with E-state index in [0.717, 1.165) is 42.0 Å². The van der Waals surface area contributed by atoms with Gasteiger partial charge in [0.1, 0.15) is 11.8 Å². The molecule has 0 saturated carbocycles. The standard InChI is InChI=1S/C29H31N3O3/c1-2-3-16-34-29(33)26-17-22-20-35-27-15-14-24(31-30-23-12-8-5-9-13-23)18-25(27)28(22)32(26)19-21-10-6-4-7-11-21/h4-15,18,22,26,28H,2-3,16-17,19-20H2,1H3/t22-,26?,28-/m1/s1. The number of nitrogens with zero attached hydrogens (tertiary/aromatic N) is 3. The Morgan fingerprint density at radius 2 is 1.74 bits per heavy atom. The maximum Gasteiger partial charge on any atom is 0.323 e. The maximum absolute atomic E-state index is 13.2. The Morgan fingerprint density at radius 1 is 1.00 bits per heavy atom. The molecule has 0 N–H and O–H groups in total. The topological polar surface area (TPSA) is 63.5 Å². The van der Waals surface area contributed by atoms with E-state index in [1.807, 2.05) is 60.7 Å². The Bertz CT molecular complexity index is 1170. The van der Waals surface area contributed by atoms with Gasteiger partial charge >= 0.3 is 5.97 Å². The van der Waals surface area contributed by atoms with Crippen LogP contribution >= 0.6 is 0 Å². The molecule has 0 aromatic heterocycles. The van der Waals surface area contributed by atoms with Gasteiger partial charge in [-0.05, 0) is 48.7 Å². The van der Waals surface area contributed by atoms with Crippen LogP contribution in [0.5, 0.6) is 5.75 Å². The number of azo groups is 1. The fraction of sp³-hybridized carbons (Fsp3) is 0.345. The summed E-state index contributed by atoms with van der Waals surface area (Å²) in [4.78, 5) is 15.5. The number of benzene rings is 3. The third kappa shape index (κ3) is 5.28. The molecule has 2 heterocycles. The minimum atomic E-state index is -0.300. The number of likely N-dealkylation sites (tertiary alicyclic amines) is 1. The van der Waals surface area contributed by atoms with Crippen molar-refractivity contribution in [2.75, 3.05) is 13.2 Å². The van der Waals surface area contributed by atoms with E-state index in [-0.39, 0.29) is 24.0 Å². The lowest BCUT2D eigenvalue weighted by molar-refractivity contribution is -0.149. The largest absolute Gasteiger partial charge is 0.493 e. The fourth-order valence-corrected chi connectivity index (χ4v) is 5.02. The molecule has 0 bridgehead atoms. The molecule has 0 amide bonds. The number of esters is 1. The first-order chi connectivity index (χ1) is 17.2. The van der Waals surface area contributed by atoms with Gasteiger partial charge in [0, 0.05) is 24.1 Å². The third-order valence-corrected chi connectivity index (χ3v) is 6.75.